The molecule has 0 radical (unpaired) electrons. The standard InChI is InChI=1S/C21H29N5O3S/c1-3-29-19-7-6-18(14-17(19)2)30(27,28)26-12-10-25(11-13-26)21-15-20(22-16-23-21)24-8-4-5-9-24/h6-7,14-16H,3-5,8-13H2,1-2H3. The maximum absolute atomic E-state index is 13.1. The van der Waals surface area contributed by atoms with Crippen molar-refractivity contribution in [3.05, 3.63) is 36.2 Å². The Hall–Kier alpha value is -2.39. The molecule has 0 amide bonds. The van der Waals surface area contributed by atoms with Crippen LogP contribution in [0.4, 0.5) is 11.6 Å². The summed E-state index contributed by atoms with van der Waals surface area (Å²) in [5.74, 6) is 2.54. The first-order chi connectivity index (χ1) is 14.5. The Balaban J connectivity index is 1.44. The Morgan fingerprint density at radius 1 is 0.933 bits per heavy atom. The third-order valence-electron chi connectivity index (χ3n) is 5.71. The van der Waals surface area contributed by atoms with Crippen LogP contribution in [0.15, 0.2) is 35.5 Å². The maximum atomic E-state index is 13.1. The van der Waals surface area contributed by atoms with Gasteiger partial charge in [0.1, 0.15) is 23.7 Å². The van der Waals surface area contributed by atoms with Crippen LogP contribution in [0.1, 0.15) is 25.3 Å². The second-order valence-corrected chi connectivity index (χ2v) is 9.62. The van der Waals surface area contributed by atoms with Crippen LogP contribution in [0, 0.1) is 6.92 Å². The minimum absolute atomic E-state index is 0.315. The normalized spacial score (nSPS) is 18.1. The zero-order valence-corrected chi connectivity index (χ0v) is 18.4. The van der Waals surface area contributed by atoms with Crippen LogP contribution in [0.25, 0.3) is 0 Å². The van der Waals surface area contributed by atoms with Gasteiger partial charge in [0.05, 0.1) is 11.5 Å². The van der Waals surface area contributed by atoms with Gasteiger partial charge in [-0.25, -0.2) is 18.4 Å². The van der Waals surface area contributed by atoms with Crippen molar-refractivity contribution >= 4 is 21.7 Å². The molecule has 0 unspecified atom stereocenters. The van der Waals surface area contributed by atoms with Crippen LogP contribution in [0.2, 0.25) is 0 Å². The third-order valence-corrected chi connectivity index (χ3v) is 7.61. The molecular formula is C21H29N5O3S. The molecule has 2 saturated heterocycles. The summed E-state index contributed by atoms with van der Waals surface area (Å²) in [6.45, 7) is 8.46. The van der Waals surface area contributed by atoms with Crippen molar-refractivity contribution in [2.75, 3.05) is 55.7 Å². The Kier molecular flexibility index (Phi) is 6.10. The van der Waals surface area contributed by atoms with Gasteiger partial charge in [0.2, 0.25) is 10.0 Å². The number of sulfonamides is 1. The number of nitrogens with zero attached hydrogens (tertiary/aromatic N) is 5. The van der Waals surface area contributed by atoms with Gasteiger partial charge in [-0.3, -0.25) is 0 Å². The molecule has 4 rings (SSSR count). The lowest BCUT2D eigenvalue weighted by molar-refractivity contribution is 0.337. The van der Waals surface area contributed by atoms with Crippen molar-refractivity contribution in [2.45, 2.75) is 31.6 Å². The van der Waals surface area contributed by atoms with Gasteiger partial charge in [-0.05, 0) is 50.5 Å². The van der Waals surface area contributed by atoms with Crippen LogP contribution in [-0.2, 0) is 10.0 Å². The molecule has 9 heteroatoms. The number of piperazine rings is 1. The quantitative estimate of drug-likeness (QED) is 0.694. The number of aryl methyl sites for hydroxylation is 1. The third kappa shape index (κ3) is 4.22. The molecule has 1 aromatic heterocycles. The van der Waals surface area contributed by atoms with E-state index in [4.69, 9.17) is 4.74 Å². The first-order valence-electron chi connectivity index (χ1n) is 10.5. The van der Waals surface area contributed by atoms with Crippen LogP contribution in [0.3, 0.4) is 0 Å². The molecule has 0 spiro atoms. The van der Waals surface area contributed by atoms with Crippen molar-refractivity contribution < 1.29 is 13.2 Å². The molecule has 0 bridgehead atoms. The minimum atomic E-state index is -3.53. The van der Waals surface area contributed by atoms with Crippen molar-refractivity contribution in [3.8, 4) is 5.75 Å². The summed E-state index contributed by atoms with van der Waals surface area (Å²) in [6, 6.07) is 7.08. The summed E-state index contributed by atoms with van der Waals surface area (Å²) >= 11 is 0. The lowest BCUT2D eigenvalue weighted by Gasteiger charge is -2.35. The van der Waals surface area contributed by atoms with E-state index in [1.807, 2.05) is 19.9 Å². The van der Waals surface area contributed by atoms with Crippen LogP contribution >= 0.6 is 0 Å². The molecular weight excluding hydrogens is 402 g/mol. The number of rotatable bonds is 6. The molecule has 2 fully saturated rings. The number of hydrogen-bond acceptors (Lipinski definition) is 7. The molecule has 30 heavy (non-hydrogen) atoms. The van der Waals surface area contributed by atoms with E-state index < -0.39 is 10.0 Å². The summed E-state index contributed by atoms with van der Waals surface area (Å²) < 4.78 is 33.3. The van der Waals surface area contributed by atoms with Crippen LogP contribution in [0.5, 0.6) is 5.75 Å². The lowest BCUT2D eigenvalue weighted by atomic mass is 10.2. The van der Waals surface area contributed by atoms with Gasteiger partial charge >= 0.3 is 0 Å². The predicted molar refractivity (Wildman–Crippen MR) is 117 cm³/mol. The van der Waals surface area contributed by atoms with E-state index in [0.29, 0.717) is 37.7 Å². The first-order valence-corrected chi connectivity index (χ1v) is 12.0. The smallest absolute Gasteiger partial charge is 0.243 e. The number of aromatic nitrogens is 2. The average Bonchev–Trinajstić information content (AvgIpc) is 3.30. The maximum Gasteiger partial charge on any atom is 0.243 e. The largest absolute Gasteiger partial charge is 0.494 e. The predicted octanol–water partition coefficient (Wildman–Crippen LogP) is 2.29. The van der Waals surface area contributed by atoms with Crippen molar-refractivity contribution in [2.24, 2.45) is 0 Å². The zero-order chi connectivity index (χ0) is 21.1. The van der Waals surface area contributed by atoms with E-state index in [9.17, 15) is 8.42 Å². The molecule has 2 aliphatic rings. The van der Waals surface area contributed by atoms with E-state index in [2.05, 4.69) is 19.8 Å². The van der Waals surface area contributed by atoms with Gasteiger partial charge < -0.3 is 14.5 Å². The SMILES string of the molecule is CCOc1ccc(S(=O)(=O)N2CCN(c3cc(N4CCCC4)ncn3)CC2)cc1C. The molecule has 0 atom stereocenters. The highest BCUT2D eigenvalue weighted by molar-refractivity contribution is 7.89. The topological polar surface area (TPSA) is 78.9 Å². The van der Waals surface area contributed by atoms with Crippen molar-refractivity contribution in [1.29, 1.82) is 0 Å². The second kappa shape index (κ2) is 8.77. The number of anilines is 2. The van der Waals surface area contributed by atoms with E-state index in [0.717, 1.165) is 36.0 Å². The lowest BCUT2D eigenvalue weighted by Crippen LogP contribution is -2.49. The summed E-state index contributed by atoms with van der Waals surface area (Å²) in [6.07, 6.45) is 4.00. The summed E-state index contributed by atoms with van der Waals surface area (Å²) in [5, 5.41) is 0. The molecule has 162 valence electrons. The average molecular weight is 432 g/mol. The Morgan fingerprint density at radius 2 is 1.57 bits per heavy atom. The first kappa shape index (κ1) is 20.9. The molecule has 0 aliphatic carbocycles. The van der Waals surface area contributed by atoms with Gasteiger partial charge in [0, 0.05) is 45.3 Å². The Bertz CT molecular complexity index is 984. The van der Waals surface area contributed by atoms with Gasteiger partial charge in [-0.2, -0.15) is 4.31 Å². The van der Waals surface area contributed by atoms with Crippen LogP contribution in [-0.4, -0.2) is 68.6 Å². The highest BCUT2D eigenvalue weighted by Crippen LogP contribution is 2.26. The van der Waals surface area contributed by atoms with Gasteiger partial charge in [0.15, 0.2) is 0 Å². The summed E-state index contributed by atoms with van der Waals surface area (Å²) in [4.78, 5) is 13.6. The van der Waals surface area contributed by atoms with Crippen molar-refractivity contribution in [1.82, 2.24) is 14.3 Å². The van der Waals surface area contributed by atoms with E-state index in [1.165, 1.54) is 12.8 Å². The molecule has 0 saturated carbocycles. The van der Waals surface area contributed by atoms with Crippen molar-refractivity contribution in [3.63, 3.8) is 0 Å². The summed E-state index contributed by atoms with van der Waals surface area (Å²) in [5.41, 5.74) is 0.826. The molecule has 3 heterocycles. The Morgan fingerprint density at radius 3 is 2.17 bits per heavy atom. The van der Waals surface area contributed by atoms with E-state index in [1.54, 1.807) is 28.8 Å². The van der Waals surface area contributed by atoms with E-state index in [-0.39, 0.29) is 0 Å². The summed E-state index contributed by atoms with van der Waals surface area (Å²) in [7, 11) is -3.53. The van der Waals surface area contributed by atoms with Crippen LogP contribution < -0.4 is 14.5 Å². The molecule has 2 aliphatic heterocycles. The zero-order valence-electron chi connectivity index (χ0n) is 17.6. The number of hydrogen-bond donors (Lipinski definition) is 0. The molecule has 1 aromatic carbocycles. The minimum Gasteiger partial charge on any atom is -0.494 e. The highest BCUT2D eigenvalue weighted by Gasteiger charge is 2.29. The van der Waals surface area contributed by atoms with E-state index >= 15 is 0 Å². The molecule has 2 aromatic rings. The van der Waals surface area contributed by atoms with Gasteiger partial charge in [0.25, 0.3) is 0 Å². The second-order valence-electron chi connectivity index (χ2n) is 7.68. The Labute approximate surface area is 178 Å². The number of benzene rings is 1. The molecule has 0 N–H and O–H groups in total. The molecule has 8 nitrogen and oxygen atoms in total. The number of ether oxygens (including phenoxy) is 1. The fourth-order valence-electron chi connectivity index (χ4n) is 4.04. The monoisotopic (exact) mass is 431 g/mol. The highest BCUT2D eigenvalue weighted by atomic mass is 32.2. The van der Waals surface area contributed by atoms with Gasteiger partial charge in [-0.15, -0.1) is 0 Å². The fraction of sp³-hybridized carbons (Fsp3) is 0.524. The fourth-order valence-corrected chi connectivity index (χ4v) is 5.54. The van der Waals surface area contributed by atoms with Gasteiger partial charge in [-0.1, -0.05) is 0 Å².